The highest BCUT2D eigenvalue weighted by atomic mass is 19.1. The number of piperidine rings is 1. The average molecular weight is 332 g/mol. The predicted octanol–water partition coefficient (Wildman–Crippen LogP) is 2.48. The zero-order valence-corrected chi connectivity index (χ0v) is 14.0. The van der Waals surface area contributed by atoms with Crippen molar-refractivity contribution in [1.29, 1.82) is 0 Å². The van der Waals surface area contributed by atoms with Crippen molar-refractivity contribution in [1.82, 2.24) is 14.9 Å². The molecule has 0 aromatic carbocycles. The lowest BCUT2D eigenvalue weighted by Gasteiger charge is -2.33. The van der Waals surface area contributed by atoms with E-state index in [2.05, 4.69) is 14.9 Å². The van der Waals surface area contributed by atoms with Crippen molar-refractivity contribution < 1.29 is 9.18 Å². The second-order valence-electron chi connectivity index (χ2n) is 7.58. The van der Waals surface area contributed by atoms with Crippen LogP contribution in [0.5, 0.6) is 0 Å². The molecule has 6 heteroatoms. The van der Waals surface area contributed by atoms with Crippen LogP contribution in [-0.2, 0) is 4.79 Å². The molecule has 2 unspecified atom stereocenters. The van der Waals surface area contributed by atoms with Crippen LogP contribution >= 0.6 is 0 Å². The number of nitrogens with zero attached hydrogens (tertiary/aromatic N) is 4. The maximum atomic E-state index is 13.8. The number of halogens is 1. The van der Waals surface area contributed by atoms with Crippen LogP contribution < -0.4 is 4.90 Å². The molecule has 1 amide bonds. The third kappa shape index (κ3) is 3.10. The van der Waals surface area contributed by atoms with Crippen molar-refractivity contribution in [2.45, 2.75) is 38.5 Å². The zero-order valence-electron chi connectivity index (χ0n) is 14.0. The van der Waals surface area contributed by atoms with Crippen LogP contribution in [-0.4, -0.2) is 47.0 Å². The van der Waals surface area contributed by atoms with Gasteiger partial charge < -0.3 is 9.80 Å². The third-order valence-electron chi connectivity index (χ3n) is 6.10. The summed E-state index contributed by atoms with van der Waals surface area (Å²) >= 11 is 0. The highest BCUT2D eigenvalue weighted by molar-refractivity contribution is 5.76. The van der Waals surface area contributed by atoms with E-state index in [1.54, 1.807) is 0 Å². The molecule has 4 rings (SSSR count). The first-order chi connectivity index (χ1) is 11.7. The van der Waals surface area contributed by atoms with Crippen LogP contribution in [0, 0.1) is 23.6 Å². The smallest absolute Gasteiger partial charge is 0.222 e. The van der Waals surface area contributed by atoms with Gasteiger partial charge in [0.05, 0.1) is 6.20 Å². The Morgan fingerprint density at radius 1 is 1.17 bits per heavy atom. The van der Waals surface area contributed by atoms with Crippen molar-refractivity contribution in [2.75, 3.05) is 31.1 Å². The van der Waals surface area contributed by atoms with Gasteiger partial charge in [-0.1, -0.05) is 6.42 Å². The number of hydrogen-bond acceptors (Lipinski definition) is 4. The van der Waals surface area contributed by atoms with E-state index in [-0.39, 0.29) is 5.82 Å². The summed E-state index contributed by atoms with van der Waals surface area (Å²) in [5.41, 5.74) is 0. The molecule has 1 aromatic rings. The standard InChI is InChI=1S/C18H25FN4O/c19-16-9-20-12-21-18(16)22-6-4-13(5-7-22)8-17(24)23-10-14-2-1-3-15(14)11-23/h9,12-15H,1-8,10-11H2. The first-order valence-electron chi connectivity index (χ1n) is 9.19. The van der Waals surface area contributed by atoms with E-state index in [9.17, 15) is 9.18 Å². The number of carbonyl (C=O) groups excluding carboxylic acids is 1. The molecule has 1 aromatic heterocycles. The number of rotatable bonds is 3. The summed E-state index contributed by atoms with van der Waals surface area (Å²) in [6.07, 6.45) is 9.05. The summed E-state index contributed by atoms with van der Waals surface area (Å²) in [5, 5.41) is 0. The Morgan fingerprint density at radius 3 is 2.54 bits per heavy atom. The number of hydrogen-bond donors (Lipinski definition) is 0. The quantitative estimate of drug-likeness (QED) is 0.853. The van der Waals surface area contributed by atoms with E-state index in [0.717, 1.165) is 50.9 Å². The number of likely N-dealkylation sites (tertiary alicyclic amines) is 1. The Bertz CT molecular complexity index is 590. The molecule has 0 N–H and O–H groups in total. The van der Waals surface area contributed by atoms with E-state index in [4.69, 9.17) is 0 Å². The fourth-order valence-electron chi connectivity index (χ4n) is 4.70. The normalized spacial score (nSPS) is 27.5. The fourth-order valence-corrected chi connectivity index (χ4v) is 4.70. The molecular weight excluding hydrogens is 307 g/mol. The van der Waals surface area contributed by atoms with Gasteiger partial charge in [0, 0.05) is 32.6 Å². The highest BCUT2D eigenvalue weighted by Crippen LogP contribution is 2.38. The molecule has 1 aliphatic carbocycles. The predicted molar refractivity (Wildman–Crippen MR) is 89.0 cm³/mol. The van der Waals surface area contributed by atoms with Crippen LogP contribution in [0.2, 0.25) is 0 Å². The van der Waals surface area contributed by atoms with Crippen LogP contribution in [0.15, 0.2) is 12.5 Å². The van der Waals surface area contributed by atoms with Crippen molar-refractivity contribution in [3.05, 3.63) is 18.3 Å². The third-order valence-corrected chi connectivity index (χ3v) is 6.10. The van der Waals surface area contributed by atoms with Gasteiger partial charge in [-0.3, -0.25) is 4.79 Å². The summed E-state index contributed by atoms with van der Waals surface area (Å²) < 4.78 is 13.8. The van der Waals surface area contributed by atoms with Gasteiger partial charge in [-0.15, -0.1) is 0 Å². The van der Waals surface area contributed by atoms with Crippen molar-refractivity contribution >= 4 is 11.7 Å². The Kier molecular flexibility index (Phi) is 4.37. The summed E-state index contributed by atoms with van der Waals surface area (Å²) in [6, 6.07) is 0. The van der Waals surface area contributed by atoms with Gasteiger partial charge in [0.1, 0.15) is 6.33 Å². The molecular formula is C18H25FN4O. The summed E-state index contributed by atoms with van der Waals surface area (Å²) in [4.78, 5) is 24.4. The van der Waals surface area contributed by atoms with Crippen LogP contribution in [0.1, 0.15) is 38.5 Å². The topological polar surface area (TPSA) is 49.3 Å². The van der Waals surface area contributed by atoms with Crippen molar-refractivity contribution in [2.24, 2.45) is 17.8 Å². The summed E-state index contributed by atoms with van der Waals surface area (Å²) in [6.45, 7) is 3.48. The zero-order chi connectivity index (χ0) is 16.5. The molecule has 3 fully saturated rings. The van der Waals surface area contributed by atoms with E-state index in [1.807, 2.05) is 4.90 Å². The van der Waals surface area contributed by atoms with Gasteiger partial charge >= 0.3 is 0 Å². The van der Waals surface area contributed by atoms with E-state index in [1.165, 1.54) is 31.8 Å². The molecule has 0 radical (unpaired) electrons. The van der Waals surface area contributed by atoms with E-state index < -0.39 is 0 Å². The number of aromatic nitrogens is 2. The molecule has 2 aliphatic heterocycles. The second-order valence-corrected chi connectivity index (χ2v) is 7.58. The van der Waals surface area contributed by atoms with E-state index in [0.29, 0.717) is 24.1 Å². The van der Waals surface area contributed by atoms with Gasteiger partial charge in [-0.25, -0.2) is 14.4 Å². The Balaban J connectivity index is 1.27. The molecule has 0 bridgehead atoms. The van der Waals surface area contributed by atoms with Gasteiger partial charge in [0.25, 0.3) is 0 Å². The lowest BCUT2D eigenvalue weighted by Crippen LogP contribution is -2.37. The highest BCUT2D eigenvalue weighted by Gasteiger charge is 2.38. The SMILES string of the molecule is O=C(CC1CCN(c2ncncc2F)CC1)N1CC2CCCC2C1. The first-order valence-corrected chi connectivity index (χ1v) is 9.19. The van der Waals surface area contributed by atoms with Gasteiger partial charge in [0.2, 0.25) is 5.91 Å². The van der Waals surface area contributed by atoms with Crippen LogP contribution in [0.3, 0.4) is 0 Å². The summed E-state index contributed by atoms with van der Waals surface area (Å²) in [7, 11) is 0. The minimum absolute atomic E-state index is 0.330. The summed E-state index contributed by atoms with van der Waals surface area (Å²) in [5.74, 6) is 2.29. The number of anilines is 1. The molecule has 130 valence electrons. The first kappa shape index (κ1) is 15.8. The second kappa shape index (κ2) is 6.65. The lowest BCUT2D eigenvalue weighted by atomic mass is 9.93. The molecule has 2 saturated heterocycles. The maximum Gasteiger partial charge on any atom is 0.222 e. The molecule has 3 heterocycles. The van der Waals surface area contributed by atoms with Gasteiger partial charge in [-0.05, 0) is 43.4 Å². The maximum absolute atomic E-state index is 13.8. The molecule has 2 atom stereocenters. The molecule has 0 spiro atoms. The average Bonchev–Trinajstić information content (AvgIpc) is 3.18. The number of carbonyl (C=O) groups is 1. The number of fused-ring (bicyclic) bond motifs is 1. The molecule has 3 aliphatic rings. The van der Waals surface area contributed by atoms with Crippen molar-refractivity contribution in [3.8, 4) is 0 Å². The molecule has 5 nitrogen and oxygen atoms in total. The molecule has 24 heavy (non-hydrogen) atoms. The monoisotopic (exact) mass is 332 g/mol. The van der Waals surface area contributed by atoms with Gasteiger partial charge in [0.15, 0.2) is 11.6 Å². The molecule has 1 saturated carbocycles. The van der Waals surface area contributed by atoms with Crippen LogP contribution in [0.25, 0.3) is 0 Å². The Hall–Kier alpha value is -1.72. The van der Waals surface area contributed by atoms with Crippen LogP contribution in [0.4, 0.5) is 10.2 Å². The van der Waals surface area contributed by atoms with E-state index >= 15 is 0 Å². The van der Waals surface area contributed by atoms with Gasteiger partial charge in [-0.2, -0.15) is 0 Å². The lowest BCUT2D eigenvalue weighted by molar-refractivity contribution is -0.131. The minimum atomic E-state index is -0.365. The largest absolute Gasteiger partial charge is 0.354 e. The van der Waals surface area contributed by atoms with Crippen molar-refractivity contribution in [3.63, 3.8) is 0 Å². The Morgan fingerprint density at radius 2 is 1.88 bits per heavy atom. The Labute approximate surface area is 142 Å². The minimum Gasteiger partial charge on any atom is -0.354 e. The number of amides is 1. The fraction of sp³-hybridized carbons (Fsp3) is 0.722.